The van der Waals surface area contributed by atoms with Crippen LogP contribution in [0.2, 0.25) is 10.0 Å². The monoisotopic (exact) mass is 334 g/mol. The van der Waals surface area contributed by atoms with E-state index in [1.807, 2.05) is 0 Å². The van der Waals surface area contributed by atoms with Gasteiger partial charge in [-0.15, -0.1) is 0 Å². The lowest BCUT2D eigenvalue weighted by Crippen LogP contribution is -2.54. The van der Waals surface area contributed by atoms with Crippen molar-refractivity contribution in [1.29, 1.82) is 0 Å². The number of carbonyl (C=O) groups excluding carboxylic acids is 2. The average molecular weight is 335 g/mol. The van der Waals surface area contributed by atoms with Crippen molar-refractivity contribution in [1.82, 2.24) is 0 Å². The molecule has 0 radical (unpaired) electrons. The first-order chi connectivity index (χ1) is 10.5. The van der Waals surface area contributed by atoms with E-state index in [4.69, 9.17) is 23.2 Å². The van der Waals surface area contributed by atoms with Gasteiger partial charge in [-0.25, -0.2) is 0 Å². The van der Waals surface area contributed by atoms with Gasteiger partial charge in [0.15, 0.2) is 0 Å². The number of rotatable bonds is 2. The number of carbonyl (C=O) groups is 2. The maximum Gasteiger partial charge on any atom is 0.247 e. The van der Waals surface area contributed by atoms with Gasteiger partial charge in [-0.3, -0.25) is 9.59 Å². The first kappa shape index (κ1) is 14.9. The number of anilines is 2. The third-order valence-electron chi connectivity index (χ3n) is 3.47. The molecule has 0 spiro atoms. The third kappa shape index (κ3) is 2.93. The lowest BCUT2D eigenvalue weighted by atomic mass is 10.2. The molecule has 1 heterocycles. The number of amides is 2. The summed E-state index contributed by atoms with van der Waals surface area (Å²) in [6.45, 7) is 0.00614. The van der Waals surface area contributed by atoms with Gasteiger partial charge in [-0.05, 0) is 48.5 Å². The summed E-state index contributed by atoms with van der Waals surface area (Å²) in [6, 6.07) is 13.7. The Morgan fingerprint density at radius 3 is 1.27 bits per heavy atom. The summed E-state index contributed by atoms with van der Waals surface area (Å²) in [6.07, 6.45) is 0. The summed E-state index contributed by atoms with van der Waals surface area (Å²) in [5.74, 6) is -0.284. The van der Waals surface area contributed by atoms with Crippen LogP contribution in [0.5, 0.6) is 0 Å². The second kappa shape index (κ2) is 5.99. The molecular formula is C16H12Cl2N2O2. The number of piperazine rings is 1. The van der Waals surface area contributed by atoms with Crippen molar-refractivity contribution in [3.63, 3.8) is 0 Å². The summed E-state index contributed by atoms with van der Waals surface area (Å²) in [5, 5.41) is 1.17. The highest BCUT2D eigenvalue weighted by atomic mass is 35.5. The highest BCUT2D eigenvalue weighted by Crippen LogP contribution is 2.24. The molecule has 0 atom stereocenters. The van der Waals surface area contributed by atoms with Crippen molar-refractivity contribution in [2.24, 2.45) is 0 Å². The summed E-state index contributed by atoms with van der Waals surface area (Å²) >= 11 is 11.7. The molecule has 0 aromatic heterocycles. The van der Waals surface area contributed by atoms with Gasteiger partial charge in [-0.1, -0.05) is 23.2 Å². The minimum atomic E-state index is -0.142. The Labute approximate surface area is 137 Å². The second-order valence-corrected chi connectivity index (χ2v) is 5.79. The largest absolute Gasteiger partial charge is 0.301 e. The van der Waals surface area contributed by atoms with Crippen LogP contribution in [0.3, 0.4) is 0 Å². The predicted molar refractivity (Wildman–Crippen MR) is 87.6 cm³/mol. The van der Waals surface area contributed by atoms with Gasteiger partial charge in [0.1, 0.15) is 13.1 Å². The van der Waals surface area contributed by atoms with E-state index >= 15 is 0 Å². The summed E-state index contributed by atoms with van der Waals surface area (Å²) in [7, 11) is 0. The number of benzene rings is 2. The van der Waals surface area contributed by atoms with E-state index < -0.39 is 0 Å². The van der Waals surface area contributed by atoms with Crippen molar-refractivity contribution in [2.45, 2.75) is 0 Å². The molecule has 2 aromatic rings. The van der Waals surface area contributed by atoms with Gasteiger partial charge < -0.3 is 9.80 Å². The molecule has 0 aliphatic carbocycles. The lowest BCUT2D eigenvalue weighted by Gasteiger charge is -2.34. The Morgan fingerprint density at radius 2 is 0.955 bits per heavy atom. The SMILES string of the molecule is O=C1CN(c2ccc(Cl)cc2)C(=O)CN1c1ccc(Cl)cc1. The van der Waals surface area contributed by atoms with Gasteiger partial charge in [0.05, 0.1) is 0 Å². The van der Waals surface area contributed by atoms with Gasteiger partial charge in [0, 0.05) is 21.4 Å². The molecule has 4 nitrogen and oxygen atoms in total. The van der Waals surface area contributed by atoms with E-state index in [0.29, 0.717) is 21.4 Å². The Bertz CT molecular complexity index is 650. The molecular weight excluding hydrogens is 323 g/mol. The van der Waals surface area contributed by atoms with Crippen molar-refractivity contribution in [3.8, 4) is 0 Å². The Kier molecular flexibility index (Phi) is 4.05. The van der Waals surface area contributed by atoms with Crippen LogP contribution in [-0.2, 0) is 9.59 Å². The number of hydrogen-bond donors (Lipinski definition) is 0. The smallest absolute Gasteiger partial charge is 0.247 e. The van der Waals surface area contributed by atoms with E-state index in [9.17, 15) is 9.59 Å². The first-order valence-corrected chi connectivity index (χ1v) is 7.42. The van der Waals surface area contributed by atoms with E-state index in [2.05, 4.69) is 0 Å². The first-order valence-electron chi connectivity index (χ1n) is 6.66. The molecule has 0 N–H and O–H groups in total. The molecule has 0 unspecified atom stereocenters. The Hall–Kier alpha value is -2.04. The molecule has 2 amide bonds. The van der Waals surface area contributed by atoms with Crippen LogP contribution in [0.1, 0.15) is 0 Å². The molecule has 3 rings (SSSR count). The normalized spacial score (nSPS) is 15.4. The maximum atomic E-state index is 12.3. The number of hydrogen-bond acceptors (Lipinski definition) is 2. The molecule has 1 saturated heterocycles. The maximum absolute atomic E-state index is 12.3. The van der Waals surface area contributed by atoms with Crippen LogP contribution in [0.25, 0.3) is 0 Å². The standard InChI is InChI=1S/C16H12Cl2N2O2/c17-11-1-5-13(6-2-11)19-9-16(22)20(10-15(19)21)14-7-3-12(18)4-8-14/h1-8H,9-10H2. The van der Waals surface area contributed by atoms with Crippen molar-refractivity contribution < 1.29 is 9.59 Å². The van der Waals surface area contributed by atoms with Gasteiger partial charge in [-0.2, -0.15) is 0 Å². The van der Waals surface area contributed by atoms with Gasteiger partial charge >= 0.3 is 0 Å². The van der Waals surface area contributed by atoms with E-state index in [1.165, 1.54) is 9.80 Å². The molecule has 6 heteroatoms. The van der Waals surface area contributed by atoms with E-state index in [-0.39, 0.29) is 24.9 Å². The summed E-state index contributed by atoms with van der Waals surface area (Å²) < 4.78 is 0. The fourth-order valence-electron chi connectivity index (χ4n) is 2.33. The van der Waals surface area contributed by atoms with Crippen LogP contribution >= 0.6 is 23.2 Å². The second-order valence-electron chi connectivity index (χ2n) is 4.91. The van der Waals surface area contributed by atoms with E-state index in [1.54, 1.807) is 48.5 Å². The molecule has 112 valence electrons. The highest BCUT2D eigenvalue weighted by Gasteiger charge is 2.31. The zero-order chi connectivity index (χ0) is 15.7. The molecule has 1 aliphatic heterocycles. The van der Waals surface area contributed by atoms with Gasteiger partial charge in [0.2, 0.25) is 11.8 Å². The molecule has 0 saturated carbocycles. The fourth-order valence-corrected chi connectivity index (χ4v) is 2.58. The van der Waals surface area contributed by atoms with Crippen LogP contribution in [0, 0.1) is 0 Å². The minimum Gasteiger partial charge on any atom is -0.301 e. The Balaban J connectivity index is 1.82. The number of halogens is 2. The average Bonchev–Trinajstić information content (AvgIpc) is 2.51. The summed E-state index contributed by atoms with van der Waals surface area (Å²) in [4.78, 5) is 27.6. The van der Waals surface area contributed by atoms with Gasteiger partial charge in [0.25, 0.3) is 0 Å². The fraction of sp³-hybridized carbons (Fsp3) is 0.125. The van der Waals surface area contributed by atoms with Crippen molar-refractivity contribution in [2.75, 3.05) is 22.9 Å². The topological polar surface area (TPSA) is 40.6 Å². The van der Waals surface area contributed by atoms with Crippen molar-refractivity contribution >= 4 is 46.4 Å². The molecule has 1 aliphatic rings. The molecule has 1 fully saturated rings. The minimum absolute atomic E-state index is 0.00307. The predicted octanol–water partition coefficient (Wildman–Crippen LogP) is 3.37. The Morgan fingerprint density at radius 1 is 0.636 bits per heavy atom. The van der Waals surface area contributed by atoms with Crippen molar-refractivity contribution in [3.05, 3.63) is 58.6 Å². The van der Waals surface area contributed by atoms with E-state index in [0.717, 1.165) is 0 Å². The zero-order valence-electron chi connectivity index (χ0n) is 11.5. The molecule has 0 bridgehead atoms. The van der Waals surface area contributed by atoms with Crippen LogP contribution in [0.15, 0.2) is 48.5 Å². The molecule has 22 heavy (non-hydrogen) atoms. The zero-order valence-corrected chi connectivity index (χ0v) is 13.0. The highest BCUT2D eigenvalue weighted by molar-refractivity contribution is 6.31. The third-order valence-corrected chi connectivity index (χ3v) is 3.97. The summed E-state index contributed by atoms with van der Waals surface area (Å²) in [5.41, 5.74) is 1.33. The van der Waals surface area contributed by atoms with Crippen LogP contribution < -0.4 is 9.80 Å². The quantitative estimate of drug-likeness (QED) is 0.844. The number of nitrogens with zero attached hydrogens (tertiary/aromatic N) is 2. The van der Waals surface area contributed by atoms with Crippen LogP contribution in [0.4, 0.5) is 11.4 Å². The van der Waals surface area contributed by atoms with Crippen LogP contribution in [-0.4, -0.2) is 24.9 Å². The lowest BCUT2D eigenvalue weighted by molar-refractivity contribution is -0.125. The molecule has 2 aromatic carbocycles.